The van der Waals surface area contributed by atoms with Crippen molar-refractivity contribution < 1.29 is 23.9 Å². The fraction of sp³-hybridized carbons (Fsp3) is 0.348. The van der Waals surface area contributed by atoms with Crippen LogP contribution in [-0.2, 0) is 10.3 Å². The van der Waals surface area contributed by atoms with Crippen molar-refractivity contribution in [3.8, 4) is 11.5 Å². The zero-order chi connectivity index (χ0) is 22.1. The highest BCUT2D eigenvalue weighted by Gasteiger charge is 2.49. The second kappa shape index (κ2) is 8.18. The summed E-state index contributed by atoms with van der Waals surface area (Å²) in [5, 5.41) is 2.73. The van der Waals surface area contributed by atoms with E-state index < -0.39 is 29.8 Å². The summed E-state index contributed by atoms with van der Waals surface area (Å²) in [5.41, 5.74) is 0.813. The minimum absolute atomic E-state index is 0.243. The Balaban J connectivity index is 1.85. The van der Waals surface area contributed by atoms with Gasteiger partial charge in [-0.15, -0.1) is 0 Å². The fourth-order valence-electron chi connectivity index (χ4n) is 3.50. The van der Waals surface area contributed by atoms with Gasteiger partial charge in [0.25, 0.3) is 5.91 Å². The van der Waals surface area contributed by atoms with Crippen molar-refractivity contribution in [3.05, 3.63) is 59.2 Å². The zero-order valence-corrected chi connectivity index (χ0v) is 17.8. The van der Waals surface area contributed by atoms with Gasteiger partial charge in [0.05, 0.1) is 26.3 Å². The lowest BCUT2D eigenvalue weighted by atomic mass is 9.90. The van der Waals surface area contributed by atoms with Crippen molar-refractivity contribution in [2.24, 2.45) is 0 Å². The van der Waals surface area contributed by atoms with Crippen LogP contribution in [0.25, 0.3) is 0 Å². The van der Waals surface area contributed by atoms with Crippen LogP contribution in [0.4, 0.5) is 4.79 Å². The molecule has 30 heavy (non-hydrogen) atoms. The molecule has 0 aliphatic carbocycles. The molecule has 7 heteroatoms. The van der Waals surface area contributed by atoms with Gasteiger partial charge in [-0.1, -0.05) is 38.1 Å². The van der Waals surface area contributed by atoms with Crippen LogP contribution in [-0.4, -0.2) is 43.4 Å². The molecule has 2 aromatic carbocycles. The lowest BCUT2D eigenvalue weighted by molar-refractivity contribution is -0.130. The zero-order valence-electron chi connectivity index (χ0n) is 17.8. The minimum Gasteiger partial charge on any atom is -0.497 e. The molecule has 0 bridgehead atoms. The summed E-state index contributed by atoms with van der Waals surface area (Å²) in [6.07, 6.45) is 0. The van der Waals surface area contributed by atoms with Crippen LogP contribution in [0.1, 0.15) is 48.2 Å². The predicted octanol–water partition coefficient (Wildman–Crippen LogP) is 3.48. The van der Waals surface area contributed by atoms with Gasteiger partial charge in [-0.3, -0.25) is 14.5 Å². The van der Waals surface area contributed by atoms with E-state index in [4.69, 9.17) is 9.47 Å². The van der Waals surface area contributed by atoms with E-state index in [0.717, 1.165) is 10.5 Å². The number of ketones is 1. The second-order valence-corrected chi connectivity index (χ2v) is 7.71. The number of benzene rings is 2. The van der Waals surface area contributed by atoms with Crippen LogP contribution >= 0.6 is 0 Å². The maximum atomic E-state index is 13.1. The fourth-order valence-corrected chi connectivity index (χ4v) is 3.50. The average Bonchev–Trinajstić information content (AvgIpc) is 2.97. The highest BCUT2D eigenvalue weighted by Crippen LogP contribution is 2.31. The van der Waals surface area contributed by atoms with Gasteiger partial charge < -0.3 is 14.8 Å². The molecule has 1 fully saturated rings. The summed E-state index contributed by atoms with van der Waals surface area (Å²) in [4.78, 5) is 39.6. The summed E-state index contributed by atoms with van der Waals surface area (Å²) >= 11 is 0. The van der Waals surface area contributed by atoms with E-state index in [-0.39, 0.29) is 5.56 Å². The maximum Gasteiger partial charge on any atom is 0.325 e. The van der Waals surface area contributed by atoms with Gasteiger partial charge in [0.2, 0.25) is 0 Å². The summed E-state index contributed by atoms with van der Waals surface area (Å²) < 4.78 is 10.4. The smallest absolute Gasteiger partial charge is 0.325 e. The molecular weight excluding hydrogens is 384 g/mol. The Morgan fingerprint density at radius 2 is 1.73 bits per heavy atom. The molecule has 1 N–H and O–H groups in total. The number of rotatable bonds is 7. The minimum atomic E-state index is -1.23. The Bertz CT molecular complexity index is 984. The number of amides is 3. The maximum absolute atomic E-state index is 13.1. The SMILES string of the molecule is COc1ccc(OC)c(C(=O)CN2C(=O)NC(C)(c3ccc(C(C)C)cc3)C2=O)c1. The number of ether oxygens (including phenoxy) is 2. The van der Waals surface area contributed by atoms with Gasteiger partial charge in [0.15, 0.2) is 5.78 Å². The number of hydrogen-bond acceptors (Lipinski definition) is 5. The number of hydrogen-bond donors (Lipinski definition) is 1. The third-order valence-electron chi connectivity index (χ3n) is 5.44. The number of nitrogens with one attached hydrogen (secondary N) is 1. The summed E-state index contributed by atoms with van der Waals surface area (Å²) in [6.45, 7) is 5.42. The highest BCUT2D eigenvalue weighted by atomic mass is 16.5. The lowest BCUT2D eigenvalue weighted by Crippen LogP contribution is -2.41. The lowest BCUT2D eigenvalue weighted by Gasteiger charge is -2.23. The molecule has 0 aromatic heterocycles. The third-order valence-corrected chi connectivity index (χ3v) is 5.44. The van der Waals surface area contributed by atoms with Gasteiger partial charge in [0.1, 0.15) is 17.0 Å². The van der Waals surface area contributed by atoms with Crippen molar-refractivity contribution in [1.29, 1.82) is 0 Å². The standard InChI is InChI=1S/C23H26N2O5/c1-14(2)15-6-8-16(9-7-15)23(3)21(27)25(22(28)24-23)13-19(26)18-12-17(29-4)10-11-20(18)30-5/h6-12,14H,13H2,1-5H3,(H,24,28). The first kappa shape index (κ1) is 21.4. The van der Waals surface area contributed by atoms with E-state index in [0.29, 0.717) is 23.0 Å². The van der Waals surface area contributed by atoms with E-state index in [9.17, 15) is 14.4 Å². The van der Waals surface area contributed by atoms with E-state index in [2.05, 4.69) is 19.2 Å². The molecule has 158 valence electrons. The molecule has 1 aliphatic heterocycles. The number of imide groups is 1. The van der Waals surface area contributed by atoms with Crippen LogP contribution in [0.5, 0.6) is 11.5 Å². The van der Waals surface area contributed by atoms with Gasteiger partial charge in [-0.05, 0) is 42.2 Å². The normalized spacial score (nSPS) is 18.5. The number of methoxy groups -OCH3 is 2. The van der Waals surface area contributed by atoms with Crippen molar-refractivity contribution >= 4 is 17.7 Å². The average molecular weight is 410 g/mol. The molecule has 1 heterocycles. The number of carbonyl (C=O) groups is 3. The number of nitrogens with zero attached hydrogens (tertiary/aromatic N) is 1. The summed E-state index contributed by atoms with van der Waals surface area (Å²) in [6, 6.07) is 11.8. The Morgan fingerprint density at radius 3 is 2.30 bits per heavy atom. The first-order valence-electron chi connectivity index (χ1n) is 9.71. The molecule has 1 unspecified atom stereocenters. The van der Waals surface area contributed by atoms with Gasteiger partial charge in [-0.2, -0.15) is 0 Å². The molecule has 1 aliphatic rings. The molecule has 3 rings (SSSR count). The molecule has 0 spiro atoms. The molecule has 7 nitrogen and oxygen atoms in total. The summed E-state index contributed by atoms with van der Waals surface area (Å²) in [5.74, 6) is 0.285. The van der Waals surface area contributed by atoms with Gasteiger partial charge >= 0.3 is 6.03 Å². The molecule has 1 atom stereocenters. The van der Waals surface area contributed by atoms with Crippen LogP contribution in [0.15, 0.2) is 42.5 Å². The van der Waals surface area contributed by atoms with Crippen LogP contribution in [0.2, 0.25) is 0 Å². The highest BCUT2D eigenvalue weighted by molar-refractivity contribution is 6.11. The largest absolute Gasteiger partial charge is 0.497 e. The first-order valence-corrected chi connectivity index (χ1v) is 9.71. The van der Waals surface area contributed by atoms with E-state index in [1.165, 1.54) is 20.3 Å². The van der Waals surface area contributed by atoms with E-state index in [1.54, 1.807) is 19.1 Å². The number of urea groups is 1. The van der Waals surface area contributed by atoms with Crippen molar-refractivity contribution in [2.75, 3.05) is 20.8 Å². The molecular formula is C23H26N2O5. The topological polar surface area (TPSA) is 84.9 Å². The number of Topliss-reactive ketones (excluding diaryl/α,β-unsaturated/α-hetero) is 1. The number of carbonyl (C=O) groups excluding carboxylic acids is 3. The summed E-state index contributed by atoms with van der Waals surface area (Å²) in [7, 11) is 2.94. The quantitative estimate of drug-likeness (QED) is 0.558. The van der Waals surface area contributed by atoms with Crippen molar-refractivity contribution in [2.45, 2.75) is 32.2 Å². The van der Waals surface area contributed by atoms with Gasteiger partial charge in [-0.25, -0.2) is 4.79 Å². The van der Waals surface area contributed by atoms with Gasteiger partial charge in [0, 0.05) is 0 Å². The Hall–Kier alpha value is -3.35. The monoisotopic (exact) mass is 410 g/mol. The predicted molar refractivity (Wildman–Crippen MR) is 112 cm³/mol. The van der Waals surface area contributed by atoms with Crippen LogP contribution < -0.4 is 14.8 Å². The third kappa shape index (κ3) is 3.75. The van der Waals surface area contributed by atoms with Crippen LogP contribution in [0, 0.1) is 0 Å². The van der Waals surface area contributed by atoms with E-state index >= 15 is 0 Å². The molecule has 3 amide bonds. The first-order chi connectivity index (χ1) is 14.2. The molecule has 0 saturated carbocycles. The molecule has 0 radical (unpaired) electrons. The second-order valence-electron chi connectivity index (χ2n) is 7.71. The Morgan fingerprint density at radius 1 is 1.07 bits per heavy atom. The van der Waals surface area contributed by atoms with Crippen molar-refractivity contribution in [3.63, 3.8) is 0 Å². The van der Waals surface area contributed by atoms with E-state index in [1.807, 2.05) is 24.3 Å². The Labute approximate surface area is 176 Å². The molecule has 1 saturated heterocycles. The van der Waals surface area contributed by atoms with Crippen LogP contribution in [0.3, 0.4) is 0 Å². The Kier molecular flexibility index (Phi) is 5.82. The van der Waals surface area contributed by atoms with Crippen molar-refractivity contribution in [1.82, 2.24) is 10.2 Å². The molecule has 2 aromatic rings.